The Hall–Kier alpha value is -3.13. The smallest absolute Gasteiger partial charge is 0.277 e. The Morgan fingerprint density at radius 2 is 2.10 bits per heavy atom. The maximum atomic E-state index is 12.0. The molecule has 3 rings (SSSR count). The average molecular weight is 445 g/mol. The van der Waals surface area contributed by atoms with E-state index in [1.807, 2.05) is 0 Å². The molecule has 0 bridgehead atoms. The number of hydrazone groups is 1. The summed E-state index contributed by atoms with van der Waals surface area (Å²) in [5, 5.41) is 15.8. The number of rotatable bonds is 8. The van der Waals surface area contributed by atoms with Gasteiger partial charge in [0.05, 0.1) is 11.1 Å². The van der Waals surface area contributed by atoms with Crippen molar-refractivity contribution in [1.29, 1.82) is 0 Å². The van der Waals surface area contributed by atoms with Crippen molar-refractivity contribution in [2.75, 3.05) is 18.1 Å². The van der Waals surface area contributed by atoms with Gasteiger partial charge in [-0.2, -0.15) is 5.10 Å². The number of nitrogens with one attached hydrogen (secondary N) is 1. The van der Waals surface area contributed by atoms with Gasteiger partial charge in [0.2, 0.25) is 0 Å². The highest BCUT2D eigenvalue weighted by atomic mass is 35.5. The number of nitro groups is 1. The Bertz CT molecular complexity index is 949. The van der Waals surface area contributed by atoms with Gasteiger partial charge in [-0.1, -0.05) is 18.5 Å². The van der Waals surface area contributed by atoms with Gasteiger partial charge in [0.15, 0.2) is 6.61 Å². The number of hydrogen-bond donors (Lipinski definition) is 1. The number of hydrogen-bond acceptors (Lipinski definition) is 6. The summed E-state index contributed by atoms with van der Waals surface area (Å²) < 4.78 is 5.38. The topological polar surface area (TPSA) is 97.1 Å². The van der Waals surface area contributed by atoms with Gasteiger partial charge in [0.1, 0.15) is 5.75 Å². The summed E-state index contributed by atoms with van der Waals surface area (Å²) in [5.74, 6) is 0.0720. The van der Waals surface area contributed by atoms with Crippen LogP contribution in [0.2, 0.25) is 5.02 Å². The lowest BCUT2D eigenvalue weighted by atomic mass is 9.98. The van der Waals surface area contributed by atoms with Crippen molar-refractivity contribution >= 4 is 35.1 Å². The van der Waals surface area contributed by atoms with Crippen LogP contribution in [0, 0.1) is 10.1 Å². The van der Waals surface area contributed by atoms with E-state index in [1.165, 1.54) is 24.8 Å². The Kier molecular flexibility index (Phi) is 7.83. The number of amides is 1. The zero-order valence-corrected chi connectivity index (χ0v) is 18.0. The highest BCUT2D eigenvalue weighted by Crippen LogP contribution is 2.31. The van der Waals surface area contributed by atoms with E-state index in [-0.39, 0.29) is 12.3 Å². The first-order valence-corrected chi connectivity index (χ1v) is 10.6. The van der Waals surface area contributed by atoms with Crippen LogP contribution in [0.15, 0.2) is 47.6 Å². The minimum atomic E-state index is -0.442. The number of nitrogens with zero attached hydrogens (tertiary/aromatic N) is 3. The number of ether oxygens (including phenoxy) is 1. The number of anilines is 1. The number of benzene rings is 2. The molecule has 9 heteroatoms. The molecular formula is C22H25ClN4O4. The van der Waals surface area contributed by atoms with Gasteiger partial charge in [0, 0.05) is 41.0 Å². The largest absolute Gasteiger partial charge is 0.484 e. The molecule has 1 aliphatic rings. The number of carbonyl (C=O) groups is 1. The molecule has 0 radical (unpaired) electrons. The zero-order chi connectivity index (χ0) is 22.2. The number of piperidine rings is 1. The van der Waals surface area contributed by atoms with Crippen LogP contribution in [-0.2, 0) is 4.79 Å². The molecule has 1 heterocycles. The zero-order valence-electron chi connectivity index (χ0n) is 17.3. The van der Waals surface area contributed by atoms with Gasteiger partial charge in [-0.25, -0.2) is 5.43 Å². The van der Waals surface area contributed by atoms with Gasteiger partial charge in [0.25, 0.3) is 11.6 Å². The highest BCUT2D eigenvalue weighted by Gasteiger charge is 2.24. The highest BCUT2D eigenvalue weighted by molar-refractivity contribution is 6.30. The fourth-order valence-electron chi connectivity index (χ4n) is 3.65. The summed E-state index contributed by atoms with van der Waals surface area (Å²) in [6.07, 6.45) is 5.77. The third-order valence-corrected chi connectivity index (χ3v) is 5.46. The van der Waals surface area contributed by atoms with Crippen molar-refractivity contribution in [1.82, 2.24) is 5.43 Å². The first-order chi connectivity index (χ1) is 15.0. The molecule has 1 atom stereocenters. The normalized spacial score (nSPS) is 16.3. The first kappa shape index (κ1) is 22.6. The maximum absolute atomic E-state index is 12.0. The van der Waals surface area contributed by atoms with Crippen molar-refractivity contribution in [3.05, 3.63) is 63.2 Å². The van der Waals surface area contributed by atoms with Gasteiger partial charge in [-0.15, -0.1) is 0 Å². The Labute approximate surface area is 186 Å². The van der Waals surface area contributed by atoms with Crippen LogP contribution in [0.3, 0.4) is 0 Å². The van der Waals surface area contributed by atoms with Gasteiger partial charge in [-0.05, 0) is 56.0 Å². The molecule has 0 aliphatic carbocycles. The molecule has 2 aromatic rings. The second-order valence-corrected chi connectivity index (χ2v) is 7.72. The van der Waals surface area contributed by atoms with E-state index in [0.29, 0.717) is 22.4 Å². The molecule has 1 N–H and O–H groups in total. The summed E-state index contributed by atoms with van der Waals surface area (Å²) in [5.41, 5.74) is 3.86. The molecule has 31 heavy (non-hydrogen) atoms. The van der Waals surface area contributed by atoms with Crippen LogP contribution in [-0.4, -0.2) is 36.2 Å². The first-order valence-electron chi connectivity index (χ1n) is 10.2. The van der Waals surface area contributed by atoms with Gasteiger partial charge < -0.3 is 9.64 Å². The minimum absolute atomic E-state index is 0.0207. The molecule has 1 amide bonds. The van der Waals surface area contributed by atoms with E-state index >= 15 is 0 Å². The monoisotopic (exact) mass is 444 g/mol. The molecule has 1 fully saturated rings. The molecular weight excluding hydrogens is 420 g/mol. The van der Waals surface area contributed by atoms with E-state index in [1.54, 1.807) is 30.3 Å². The van der Waals surface area contributed by atoms with Crippen molar-refractivity contribution in [3.63, 3.8) is 0 Å². The van der Waals surface area contributed by atoms with Crippen molar-refractivity contribution in [3.8, 4) is 5.75 Å². The van der Waals surface area contributed by atoms with Crippen LogP contribution in [0.5, 0.6) is 5.75 Å². The summed E-state index contributed by atoms with van der Waals surface area (Å²) in [4.78, 5) is 25.1. The standard InChI is InChI=1S/C22H25ClN4O4/c1-2-18-5-3-4-12-26(18)21-11-8-19(27(29)30)13-16(21)14-24-25-22(28)15-31-20-9-6-17(23)7-10-20/h6-11,13-14,18H,2-5,12,15H2,1H3,(H,25,28)/b24-14-/t18-/m1/s1. The van der Waals surface area contributed by atoms with Crippen LogP contribution in [0.4, 0.5) is 11.4 Å². The number of non-ortho nitro benzene ring substituents is 1. The fraction of sp³-hybridized carbons (Fsp3) is 0.364. The second kappa shape index (κ2) is 10.8. The Balaban J connectivity index is 1.70. The summed E-state index contributed by atoms with van der Waals surface area (Å²) >= 11 is 5.82. The van der Waals surface area contributed by atoms with Gasteiger partial charge in [-0.3, -0.25) is 14.9 Å². The van der Waals surface area contributed by atoms with E-state index in [2.05, 4.69) is 22.4 Å². The van der Waals surface area contributed by atoms with Crippen molar-refractivity contribution in [2.24, 2.45) is 5.10 Å². The molecule has 2 aromatic carbocycles. The molecule has 0 spiro atoms. The Morgan fingerprint density at radius 3 is 2.81 bits per heavy atom. The quantitative estimate of drug-likeness (QED) is 0.366. The summed E-state index contributed by atoms with van der Waals surface area (Å²) in [6.45, 7) is 2.81. The second-order valence-electron chi connectivity index (χ2n) is 7.29. The number of halogens is 1. The SMILES string of the molecule is CC[C@@H]1CCCCN1c1ccc([N+](=O)[O-])cc1/C=N\NC(=O)COc1ccc(Cl)cc1. The summed E-state index contributed by atoms with van der Waals surface area (Å²) in [6, 6.07) is 11.8. The number of nitro benzene ring substituents is 1. The Morgan fingerprint density at radius 1 is 1.32 bits per heavy atom. The molecule has 1 aliphatic heterocycles. The van der Waals surface area contributed by atoms with Crippen molar-refractivity contribution in [2.45, 2.75) is 38.6 Å². The summed E-state index contributed by atoms with van der Waals surface area (Å²) in [7, 11) is 0. The predicted octanol–water partition coefficient (Wildman–Crippen LogP) is 4.55. The molecule has 0 unspecified atom stereocenters. The molecule has 1 saturated heterocycles. The number of carbonyl (C=O) groups excluding carboxylic acids is 1. The van der Waals surface area contributed by atoms with Crippen molar-refractivity contribution < 1.29 is 14.5 Å². The molecule has 0 saturated carbocycles. The van der Waals surface area contributed by atoms with Crippen LogP contribution < -0.4 is 15.1 Å². The third kappa shape index (κ3) is 6.18. The van der Waals surface area contributed by atoms with Crippen LogP contribution >= 0.6 is 11.6 Å². The van der Waals surface area contributed by atoms with E-state index in [0.717, 1.165) is 31.5 Å². The third-order valence-electron chi connectivity index (χ3n) is 5.21. The van der Waals surface area contributed by atoms with Gasteiger partial charge >= 0.3 is 0 Å². The maximum Gasteiger partial charge on any atom is 0.277 e. The van der Waals surface area contributed by atoms with E-state index in [9.17, 15) is 14.9 Å². The van der Waals surface area contributed by atoms with Crippen LogP contribution in [0.25, 0.3) is 0 Å². The lowest BCUT2D eigenvalue weighted by molar-refractivity contribution is -0.384. The molecule has 164 valence electrons. The molecule has 8 nitrogen and oxygen atoms in total. The minimum Gasteiger partial charge on any atom is -0.484 e. The van der Waals surface area contributed by atoms with E-state index in [4.69, 9.17) is 16.3 Å². The molecule has 0 aromatic heterocycles. The fourth-order valence-corrected chi connectivity index (χ4v) is 3.77. The van der Waals surface area contributed by atoms with Crippen LogP contribution in [0.1, 0.15) is 38.2 Å². The lowest BCUT2D eigenvalue weighted by Gasteiger charge is -2.38. The van der Waals surface area contributed by atoms with E-state index < -0.39 is 10.8 Å². The lowest BCUT2D eigenvalue weighted by Crippen LogP contribution is -2.39. The predicted molar refractivity (Wildman–Crippen MR) is 121 cm³/mol. The average Bonchev–Trinajstić information content (AvgIpc) is 2.78.